The molecule has 0 aliphatic heterocycles. The van der Waals surface area contributed by atoms with Crippen molar-refractivity contribution < 1.29 is 8.42 Å². The fourth-order valence-corrected chi connectivity index (χ4v) is 2.84. The Morgan fingerprint density at radius 2 is 1.72 bits per heavy atom. The number of hydrogen-bond acceptors (Lipinski definition) is 3. The van der Waals surface area contributed by atoms with E-state index in [1.165, 1.54) is 17.4 Å². The maximum absolute atomic E-state index is 11.2. The molecule has 1 aromatic rings. The van der Waals surface area contributed by atoms with Crippen LogP contribution in [0.15, 0.2) is 24.3 Å². The SMILES string of the molecule is Cc1ccc(CNCC(C)(C)NS(C)(=O)=O)cc1. The molecule has 0 amide bonds. The van der Waals surface area contributed by atoms with Gasteiger partial charge in [0.1, 0.15) is 0 Å². The van der Waals surface area contributed by atoms with Crippen LogP contribution in [-0.2, 0) is 16.6 Å². The fraction of sp³-hybridized carbons (Fsp3) is 0.538. The van der Waals surface area contributed by atoms with Crippen LogP contribution in [0.1, 0.15) is 25.0 Å². The van der Waals surface area contributed by atoms with E-state index < -0.39 is 15.6 Å². The Bertz CT molecular complexity index is 478. The third-order valence-corrected chi connectivity index (χ3v) is 3.40. The fourth-order valence-electron chi connectivity index (χ4n) is 1.76. The average Bonchev–Trinajstić information content (AvgIpc) is 2.17. The normalized spacial score (nSPS) is 12.7. The van der Waals surface area contributed by atoms with Crippen molar-refractivity contribution in [3.05, 3.63) is 35.4 Å². The molecule has 0 saturated heterocycles. The summed E-state index contributed by atoms with van der Waals surface area (Å²) in [6.07, 6.45) is 1.18. The number of hydrogen-bond donors (Lipinski definition) is 2. The quantitative estimate of drug-likeness (QED) is 0.822. The van der Waals surface area contributed by atoms with Crippen LogP contribution < -0.4 is 10.0 Å². The van der Waals surface area contributed by atoms with Gasteiger partial charge in [0, 0.05) is 18.6 Å². The Morgan fingerprint density at radius 3 is 2.22 bits per heavy atom. The zero-order valence-corrected chi connectivity index (χ0v) is 12.3. The van der Waals surface area contributed by atoms with Gasteiger partial charge in [-0.2, -0.15) is 0 Å². The third-order valence-electron chi connectivity index (χ3n) is 2.48. The second-order valence-electron chi connectivity index (χ2n) is 5.35. The van der Waals surface area contributed by atoms with Gasteiger partial charge in [0.15, 0.2) is 0 Å². The third kappa shape index (κ3) is 6.14. The molecule has 0 aromatic heterocycles. The maximum atomic E-state index is 11.2. The maximum Gasteiger partial charge on any atom is 0.209 e. The summed E-state index contributed by atoms with van der Waals surface area (Å²) in [4.78, 5) is 0. The van der Waals surface area contributed by atoms with Crippen molar-refractivity contribution in [2.24, 2.45) is 0 Å². The predicted molar refractivity (Wildman–Crippen MR) is 74.9 cm³/mol. The molecule has 1 aromatic carbocycles. The zero-order valence-electron chi connectivity index (χ0n) is 11.4. The highest BCUT2D eigenvalue weighted by atomic mass is 32.2. The van der Waals surface area contributed by atoms with Crippen LogP contribution in [0.3, 0.4) is 0 Å². The Morgan fingerprint density at radius 1 is 1.17 bits per heavy atom. The summed E-state index contributed by atoms with van der Waals surface area (Å²) in [6.45, 7) is 7.08. The Hall–Kier alpha value is -0.910. The first-order valence-electron chi connectivity index (χ1n) is 5.93. The summed E-state index contributed by atoms with van der Waals surface area (Å²) in [5.74, 6) is 0. The van der Waals surface area contributed by atoms with E-state index in [4.69, 9.17) is 0 Å². The van der Waals surface area contributed by atoms with Gasteiger partial charge >= 0.3 is 0 Å². The molecule has 0 bridgehead atoms. The lowest BCUT2D eigenvalue weighted by Crippen LogP contribution is -2.49. The molecule has 0 radical (unpaired) electrons. The minimum Gasteiger partial charge on any atom is -0.311 e. The Balaban J connectivity index is 2.43. The van der Waals surface area contributed by atoms with E-state index >= 15 is 0 Å². The van der Waals surface area contributed by atoms with Crippen LogP contribution in [0, 0.1) is 6.92 Å². The molecule has 0 heterocycles. The van der Waals surface area contributed by atoms with Gasteiger partial charge in [-0.3, -0.25) is 0 Å². The molecule has 5 heteroatoms. The van der Waals surface area contributed by atoms with Crippen molar-refractivity contribution in [3.8, 4) is 0 Å². The van der Waals surface area contributed by atoms with Gasteiger partial charge in [0.05, 0.1) is 6.26 Å². The minimum absolute atomic E-state index is 0.488. The molecule has 2 N–H and O–H groups in total. The summed E-state index contributed by atoms with van der Waals surface area (Å²) in [5.41, 5.74) is 1.94. The van der Waals surface area contributed by atoms with E-state index in [9.17, 15) is 8.42 Å². The highest BCUT2D eigenvalue weighted by Gasteiger charge is 2.21. The predicted octanol–water partition coefficient (Wildman–Crippen LogP) is 1.41. The Labute approximate surface area is 110 Å². The van der Waals surface area contributed by atoms with Crippen LogP contribution in [-0.4, -0.2) is 26.8 Å². The number of rotatable bonds is 6. The standard InChI is InChI=1S/C13H22N2O2S/c1-11-5-7-12(8-6-11)9-14-10-13(2,3)15-18(4,16)17/h5-8,14-15H,9-10H2,1-4H3. The molecule has 0 spiro atoms. The molecule has 0 saturated carbocycles. The lowest BCUT2D eigenvalue weighted by Gasteiger charge is -2.25. The molecule has 4 nitrogen and oxygen atoms in total. The van der Waals surface area contributed by atoms with Crippen molar-refractivity contribution >= 4 is 10.0 Å². The van der Waals surface area contributed by atoms with Gasteiger partial charge in [-0.1, -0.05) is 29.8 Å². The van der Waals surface area contributed by atoms with E-state index in [0.29, 0.717) is 6.54 Å². The van der Waals surface area contributed by atoms with Crippen molar-refractivity contribution in [1.82, 2.24) is 10.0 Å². The number of benzene rings is 1. The molecule has 1 rings (SSSR count). The molecule has 102 valence electrons. The Kier molecular flexibility index (Phi) is 4.90. The van der Waals surface area contributed by atoms with Crippen molar-refractivity contribution in [2.45, 2.75) is 32.9 Å². The monoisotopic (exact) mass is 270 g/mol. The van der Waals surface area contributed by atoms with E-state index in [2.05, 4.69) is 41.2 Å². The van der Waals surface area contributed by atoms with Gasteiger partial charge in [0.25, 0.3) is 0 Å². The molecule has 0 fully saturated rings. The number of sulfonamides is 1. The number of nitrogens with one attached hydrogen (secondary N) is 2. The highest BCUT2D eigenvalue weighted by molar-refractivity contribution is 7.88. The average molecular weight is 270 g/mol. The first kappa shape index (κ1) is 15.1. The van der Waals surface area contributed by atoms with Crippen LogP contribution in [0.5, 0.6) is 0 Å². The van der Waals surface area contributed by atoms with Gasteiger partial charge in [-0.25, -0.2) is 13.1 Å². The number of aryl methyl sites for hydroxylation is 1. The second kappa shape index (κ2) is 5.82. The van der Waals surface area contributed by atoms with Gasteiger partial charge in [-0.15, -0.1) is 0 Å². The van der Waals surface area contributed by atoms with Gasteiger partial charge in [-0.05, 0) is 26.3 Å². The summed E-state index contributed by atoms with van der Waals surface area (Å²) in [5, 5.41) is 3.26. The molecule has 0 aliphatic rings. The lowest BCUT2D eigenvalue weighted by atomic mass is 10.1. The van der Waals surface area contributed by atoms with Crippen LogP contribution in [0.4, 0.5) is 0 Å². The van der Waals surface area contributed by atoms with Crippen molar-refractivity contribution in [3.63, 3.8) is 0 Å². The second-order valence-corrected chi connectivity index (χ2v) is 7.10. The smallest absolute Gasteiger partial charge is 0.209 e. The summed E-state index contributed by atoms with van der Waals surface area (Å²) < 4.78 is 25.0. The van der Waals surface area contributed by atoms with Gasteiger partial charge in [0.2, 0.25) is 10.0 Å². The van der Waals surface area contributed by atoms with E-state index in [1.807, 2.05) is 13.8 Å². The molecule has 0 unspecified atom stereocenters. The molecule has 0 atom stereocenters. The summed E-state index contributed by atoms with van der Waals surface area (Å²) >= 11 is 0. The summed E-state index contributed by atoms with van der Waals surface area (Å²) in [6, 6.07) is 8.27. The van der Waals surface area contributed by atoms with Gasteiger partial charge < -0.3 is 5.32 Å². The first-order valence-corrected chi connectivity index (χ1v) is 7.82. The molecular weight excluding hydrogens is 248 g/mol. The first-order chi connectivity index (χ1) is 8.18. The molecule has 0 aliphatic carbocycles. The van der Waals surface area contributed by atoms with E-state index in [0.717, 1.165) is 6.54 Å². The minimum atomic E-state index is -3.17. The largest absolute Gasteiger partial charge is 0.311 e. The topological polar surface area (TPSA) is 58.2 Å². The van der Waals surface area contributed by atoms with Crippen LogP contribution >= 0.6 is 0 Å². The lowest BCUT2D eigenvalue weighted by molar-refractivity contribution is 0.421. The van der Waals surface area contributed by atoms with Crippen molar-refractivity contribution in [2.75, 3.05) is 12.8 Å². The zero-order chi connectivity index (χ0) is 13.8. The molecular formula is C13H22N2O2S. The molecule has 18 heavy (non-hydrogen) atoms. The van der Waals surface area contributed by atoms with Crippen LogP contribution in [0.25, 0.3) is 0 Å². The van der Waals surface area contributed by atoms with Crippen LogP contribution in [0.2, 0.25) is 0 Å². The van der Waals surface area contributed by atoms with E-state index in [1.54, 1.807) is 0 Å². The van der Waals surface area contributed by atoms with Crippen molar-refractivity contribution in [1.29, 1.82) is 0 Å². The summed E-state index contributed by atoms with van der Waals surface area (Å²) in [7, 11) is -3.17. The highest BCUT2D eigenvalue weighted by Crippen LogP contribution is 2.05. The van der Waals surface area contributed by atoms with E-state index in [-0.39, 0.29) is 0 Å².